The van der Waals surface area contributed by atoms with Crippen molar-refractivity contribution in [2.45, 2.75) is 31.2 Å². The van der Waals surface area contributed by atoms with Gasteiger partial charge in [0.15, 0.2) is 0 Å². The average Bonchev–Trinajstić information content (AvgIpc) is 2.30. The van der Waals surface area contributed by atoms with E-state index in [1.807, 2.05) is 0 Å². The molecule has 0 aliphatic heterocycles. The van der Waals surface area contributed by atoms with Crippen LogP contribution in [0.15, 0.2) is 17.0 Å². The number of hydrogen-bond acceptors (Lipinski definition) is 4. The Bertz CT molecular complexity index is 546. The number of nitrogens with two attached hydrogens (primary N) is 1. The first-order valence-electron chi connectivity index (χ1n) is 5.85. The molecular formula is C12H19FN2O3S. The van der Waals surface area contributed by atoms with Crippen LogP contribution in [0.25, 0.3) is 0 Å². The maximum Gasteiger partial charge on any atom is 0.241 e. The summed E-state index contributed by atoms with van der Waals surface area (Å²) in [6.07, 6.45) is 0.547. The van der Waals surface area contributed by atoms with E-state index in [4.69, 9.17) is 10.5 Å². The Balaban J connectivity index is 2.98. The molecule has 1 aromatic carbocycles. The Morgan fingerprint density at radius 3 is 2.68 bits per heavy atom. The second-order valence-corrected chi connectivity index (χ2v) is 6.13. The second-order valence-electron chi connectivity index (χ2n) is 4.44. The molecule has 0 spiro atoms. The maximum absolute atomic E-state index is 13.2. The second kappa shape index (κ2) is 6.31. The molecule has 1 unspecified atom stereocenters. The molecule has 1 aromatic rings. The minimum atomic E-state index is -3.71. The predicted octanol–water partition coefficient (Wildman–Crippen LogP) is 1.42. The third-order valence-electron chi connectivity index (χ3n) is 2.70. The molecule has 0 heterocycles. The van der Waals surface area contributed by atoms with Gasteiger partial charge >= 0.3 is 0 Å². The van der Waals surface area contributed by atoms with Crippen LogP contribution >= 0.6 is 0 Å². The maximum atomic E-state index is 13.2. The van der Waals surface area contributed by atoms with Gasteiger partial charge in [0.2, 0.25) is 10.0 Å². The first-order chi connectivity index (χ1) is 8.77. The van der Waals surface area contributed by atoms with Crippen molar-refractivity contribution in [1.82, 2.24) is 4.72 Å². The molecule has 0 saturated heterocycles. The Morgan fingerprint density at radius 1 is 1.47 bits per heavy atom. The SMILES string of the molecule is COCCC(C)NS(=O)(=O)c1cc(N)c(F)cc1C. The van der Waals surface area contributed by atoms with Gasteiger partial charge in [0.25, 0.3) is 0 Å². The highest BCUT2D eigenvalue weighted by Crippen LogP contribution is 2.21. The molecule has 0 fully saturated rings. The van der Waals surface area contributed by atoms with Gasteiger partial charge in [-0.2, -0.15) is 0 Å². The quantitative estimate of drug-likeness (QED) is 0.776. The summed E-state index contributed by atoms with van der Waals surface area (Å²) < 4.78 is 44.9. The molecule has 0 radical (unpaired) electrons. The number of aryl methyl sites for hydroxylation is 1. The van der Waals surface area contributed by atoms with E-state index in [9.17, 15) is 12.8 Å². The summed E-state index contributed by atoms with van der Waals surface area (Å²) in [4.78, 5) is -0.00401. The lowest BCUT2D eigenvalue weighted by Crippen LogP contribution is -2.33. The van der Waals surface area contributed by atoms with Crippen molar-refractivity contribution in [3.8, 4) is 0 Å². The van der Waals surface area contributed by atoms with Gasteiger partial charge in [-0.05, 0) is 38.0 Å². The van der Waals surface area contributed by atoms with Gasteiger partial charge in [-0.1, -0.05) is 0 Å². The van der Waals surface area contributed by atoms with Gasteiger partial charge in [0.1, 0.15) is 5.82 Å². The number of nitrogens with one attached hydrogen (secondary N) is 1. The van der Waals surface area contributed by atoms with Crippen molar-refractivity contribution in [1.29, 1.82) is 0 Å². The third-order valence-corrected chi connectivity index (χ3v) is 4.43. The van der Waals surface area contributed by atoms with Crippen LogP contribution in [-0.4, -0.2) is 28.2 Å². The lowest BCUT2D eigenvalue weighted by molar-refractivity contribution is 0.188. The zero-order valence-electron chi connectivity index (χ0n) is 11.2. The van der Waals surface area contributed by atoms with Crippen LogP contribution in [0.1, 0.15) is 18.9 Å². The molecule has 1 atom stereocenters. The first-order valence-corrected chi connectivity index (χ1v) is 7.33. The lowest BCUT2D eigenvalue weighted by Gasteiger charge is -2.15. The van der Waals surface area contributed by atoms with Gasteiger partial charge in [-0.25, -0.2) is 17.5 Å². The molecule has 0 bridgehead atoms. The summed E-state index contributed by atoms with van der Waals surface area (Å²) in [6, 6.07) is 1.97. The molecule has 0 amide bonds. The molecule has 19 heavy (non-hydrogen) atoms. The van der Waals surface area contributed by atoms with Crippen molar-refractivity contribution in [2.75, 3.05) is 19.5 Å². The van der Waals surface area contributed by atoms with E-state index in [-0.39, 0.29) is 16.6 Å². The summed E-state index contributed by atoms with van der Waals surface area (Å²) >= 11 is 0. The summed E-state index contributed by atoms with van der Waals surface area (Å²) in [6.45, 7) is 3.71. The Hall–Kier alpha value is -1.18. The summed E-state index contributed by atoms with van der Waals surface area (Å²) in [5.41, 5.74) is 5.54. The normalized spacial score (nSPS) is 13.5. The van der Waals surface area contributed by atoms with Crippen molar-refractivity contribution in [2.24, 2.45) is 0 Å². The number of halogens is 1. The largest absolute Gasteiger partial charge is 0.396 e. The molecular weight excluding hydrogens is 271 g/mol. The fourth-order valence-electron chi connectivity index (χ4n) is 1.64. The summed E-state index contributed by atoms with van der Waals surface area (Å²) in [7, 11) is -2.16. The monoisotopic (exact) mass is 290 g/mol. The van der Waals surface area contributed by atoms with Crippen LogP contribution in [0.4, 0.5) is 10.1 Å². The predicted molar refractivity (Wildman–Crippen MR) is 71.8 cm³/mol. The van der Waals surface area contributed by atoms with Gasteiger partial charge in [0.05, 0.1) is 10.6 Å². The van der Waals surface area contributed by atoms with E-state index < -0.39 is 15.8 Å². The third kappa shape index (κ3) is 4.15. The Kier molecular flexibility index (Phi) is 5.28. The number of ether oxygens (including phenoxy) is 1. The van der Waals surface area contributed by atoms with E-state index in [1.54, 1.807) is 14.0 Å². The average molecular weight is 290 g/mol. The van der Waals surface area contributed by atoms with Crippen LogP contribution in [0.3, 0.4) is 0 Å². The van der Waals surface area contributed by atoms with E-state index in [0.29, 0.717) is 18.6 Å². The molecule has 0 saturated carbocycles. The zero-order valence-corrected chi connectivity index (χ0v) is 12.1. The number of anilines is 1. The number of methoxy groups -OCH3 is 1. The first kappa shape index (κ1) is 15.9. The van der Waals surface area contributed by atoms with E-state index >= 15 is 0 Å². The molecule has 0 aliphatic rings. The smallest absolute Gasteiger partial charge is 0.241 e. The number of benzene rings is 1. The summed E-state index contributed by atoms with van der Waals surface area (Å²) in [5.74, 6) is -0.621. The van der Waals surface area contributed by atoms with E-state index in [0.717, 1.165) is 12.1 Å². The van der Waals surface area contributed by atoms with Crippen molar-refractivity contribution < 1.29 is 17.5 Å². The molecule has 1 rings (SSSR count). The minimum Gasteiger partial charge on any atom is -0.396 e. The van der Waals surface area contributed by atoms with Crippen LogP contribution in [-0.2, 0) is 14.8 Å². The fraction of sp³-hybridized carbons (Fsp3) is 0.500. The fourth-order valence-corrected chi connectivity index (χ4v) is 3.18. The van der Waals surface area contributed by atoms with Crippen LogP contribution < -0.4 is 10.5 Å². The number of rotatable bonds is 6. The van der Waals surface area contributed by atoms with Gasteiger partial charge in [-0.15, -0.1) is 0 Å². The number of hydrogen-bond donors (Lipinski definition) is 2. The molecule has 7 heteroatoms. The zero-order chi connectivity index (χ0) is 14.6. The minimum absolute atomic E-state index is 0.00401. The molecule has 3 N–H and O–H groups in total. The Morgan fingerprint density at radius 2 is 2.11 bits per heavy atom. The molecule has 0 aliphatic carbocycles. The van der Waals surface area contributed by atoms with Crippen molar-refractivity contribution in [3.63, 3.8) is 0 Å². The van der Waals surface area contributed by atoms with Crippen LogP contribution in [0.5, 0.6) is 0 Å². The van der Waals surface area contributed by atoms with Gasteiger partial charge in [-0.3, -0.25) is 0 Å². The molecule has 5 nitrogen and oxygen atoms in total. The highest BCUT2D eigenvalue weighted by atomic mass is 32.2. The number of sulfonamides is 1. The van der Waals surface area contributed by atoms with Gasteiger partial charge < -0.3 is 10.5 Å². The van der Waals surface area contributed by atoms with Crippen LogP contribution in [0.2, 0.25) is 0 Å². The van der Waals surface area contributed by atoms with Crippen LogP contribution in [0, 0.1) is 12.7 Å². The van der Waals surface area contributed by atoms with E-state index in [1.165, 1.54) is 6.92 Å². The summed E-state index contributed by atoms with van der Waals surface area (Å²) in [5, 5.41) is 0. The van der Waals surface area contributed by atoms with Crippen molar-refractivity contribution >= 4 is 15.7 Å². The highest BCUT2D eigenvalue weighted by Gasteiger charge is 2.20. The Labute approximate surface area is 113 Å². The van der Waals surface area contributed by atoms with Gasteiger partial charge in [0, 0.05) is 19.8 Å². The molecule has 0 aromatic heterocycles. The molecule has 108 valence electrons. The topological polar surface area (TPSA) is 81.4 Å². The van der Waals surface area contributed by atoms with E-state index in [2.05, 4.69) is 4.72 Å². The lowest BCUT2D eigenvalue weighted by atomic mass is 10.2. The highest BCUT2D eigenvalue weighted by molar-refractivity contribution is 7.89. The standard InChI is InChI=1S/C12H19FN2O3S/c1-8-6-10(13)11(14)7-12(8)19(16,17)15-9(2)4-5-18-3/h6-7,9,15H,4-5,14H2,1-3H3. The van der Waals surface area contributed by atoms with Crippen molar-refractivity contribution in [3.05, 3.63) is 23.5 Å². The number of nitrogen functional groups attached to an aromatic ring is 1.